The maximum absolute atomic E-state index is 11.7. The topological polar surface area (TPSA) is 53.7 Å². The summed E-state index contributed by atoms with van der Waals surface area (Å²) >= 11 is 0. The molecule has 4 nitrogen and oxygen atoms in total. The van der Waals surface area contributed by atoms with Crippen LogP contribution >= 0.6 is 0 Å². The first kappa shape index (κ1) is 10.8. The molecule has 0 saturated heterocycles. The van der Waals surface area contributed by atoms with Gasteiger partial charge in [-0.05, 0) is 18.6 Å². The Bertz CT molecular complexity index is 263. The van der Waals surface area contributed by atoms with Gasteiger partial charge < -0.3 is 14.4 Å². The Hall–Kier alpha value is -1.29. The Labute approximate surface area is 83.1 Å². The van der Waals surface area contributed by atoms with Crippen molar-refractivity contribution >= 4 is 5.91 Å². The fraction of sp³-hybridized carbons (Fsp3) is 0.500. The molecule has 0 aromatic carbocycles. The van der Waals surface area contributed by atoms with Gasteiger partial charge in [-0.15, -0.1) is 0 Å². The lowest BCUT2D eigenvalue weighted by atomic mass is 10.3. The lowest BCUT2D eigenvalue weighted by molar-refractivity contribution is 0.0690. The number of hydrogen-bond donors (Lipinski definition) is 1. The van der Waals surface area contributed by atoms with Crippen LogP contribution in [-0.4, -0.2) is 35.6 Å². The van der Waals surface area contributed by atoms with Crippen LogP contribution in [0.25, 0.3) is 0 Å². The van der Waals surface area contributed by atoms with E-state index < -0.39 is 0 Å². The highest BCUT2D eigenvalue weighted by atomic mass is 16.3. The van der Waals surface area contributed by atoms with Crippen LogP contribution in [0.5, 0.6) is 0 Å². The Balaban J connectivity index is 2.63. The fourth-order valence-corrected chi connectivity index (χ4v) is 1.26. The smallest absolute Gasteiger partial charge is 0.289 e. The molecule has 1 rings (SSSR count). The Kier molecular flexibility index (Phi) is 4.19. The second-order valence-corrected chi connectivity index (χ2v) is 2.99. The summed E-state index contributed by atoms with van der Waals surface area (Å²) in [5, 5.41) is 8.79. The summed E-state index contributed by atoms with van der Waals surface area (Å²) in [5.41, 5.74) is 0. The summed E-state index contributed by atoms with van der Waals surface area (Å²) < 4.78 is 5.00. The number of aliphatic hydroxyl groups excluding tert-OH is 1. The van der Waals surface area contributed by atoms with Gasteiger partial charge >= 0.3 is 0 Å². The maximum Gasteiger partial charge on any atom is 0.289 e. The Morgan fingerprint density at radius 3 is 2.86 bits per heavy atom. The molecule has 0 atom stereocenters. The molecule has 0 bridgehead atoms. The maximum atomic E-state index is 11.7. The molecule has 1 N–H and O–H groups in total. The third-order valence-corrected chi connectivity index (χ3v) is 1.88. The SMILES string of the molecule is CCCN(CCO)C(=O)c1ccco1. The summed E-state index contributed by atoms with van der Waals surface area (Å²) in [6, 6.07) is 3.30. The third kappa shape index (κ3) is 2.60. The van der Waals surface area contributed by atoms with Crippen LogP contribution in [0, 0.1) is 0 Å². The normalized spacial score (nSPS) is 10.1. The van der Waals surface area contributed by atoms with E-state index in [0.29, 0.717) is 18.8 Å². The molecule has 78 valence electrons. The van der Waals surface area contributed by atoms with E-state index in [1.165, 1.54) is 6.26 Å². The van der Waals surface area contributed by atoms with E-state index >= 15 is 0 Å². The zero-order valence-electron chi connectivity index (χ0n) is 8.27. The highest BCUT2D eigenvalue weighted by Crippen LogP contribution is 2.05. The van der Waals surface area contributed by atoms with Gasteiger partial charge in [-0.25, -0.2) is 0 Å². The van der Waals surface area contributed by atoms with E-state index in [9.17, 15) is 4.79 Å². The van der Waals surface area contributed by atoms with Gasteiger partial charge in [0.25, 0.3) is 5.91 Å². The van der Waals surface area contributed by atoms with Gasteiger partial charge in [0.2, 0.25) is 0 Å². The van der Waals surface area contributed by atoms with Gasteiger partial charge in [-0.1, -0.05) is 6.92 Å². The molecule has 14 heavy (non-hydrogen) atoms. The molecule has 0 radical (unpaired) electrons. The number of furan rings is 1. The van der Waals surface area contributed by atoms with E-state index in [0.717, 1.165) is 6.42 Å². The molecule has 0 saturated carbocycles. The standard InChI is InChI=1S/C10H15NO3/c1-2-5-11(6-7-12)10(13)9-4-3-8-14-9/h3-4,8,12H,2,5-7H2,1H3. The van der Waals surface area contributed by atoms with Crippen molar-refractivity contribution in [3.05, 3.63) is 24.2 Å². The van der Waals surface area contributed by atoms with Crippen LogP contribution in [0.15, 0.2) is 22.8 Å². The lowest BCUT2D eigenvalue weighted by Crippen LogP contribution is -2.33. The average Bonchev–Trinajstić information content (AvgIpc) is 2.69. The van der Waals surface area contributed by atoms with Crippen molar-refractivity contribution in [2.24, 2.45) is 0 Å². The first-order valence-corrected chi connectivity index (χ1v) is 4.73. The molecule has 4 heteroatoms. The number of nitrogens with zero attached hydrogens (tertiary/aromatic N) is 1. The minimum absolute atomic E-state index is 0.0214. The fourth-order valence-electron chi connectivity index (χ4n) is 1.26. The van der Waals surface area contributed by atoms with Crippen molar-refractivity contribution in [1.82, 2.24) is 4.90 Å². The number of amides is 1. The minimum atomic E-state index is -0.161. The van der Waals surface area contributed by atoms with E-state index in [2.05, 4.69) is 0 Å². The number of rotatable bonds is 5. The van der Waals surface area contributed by atoms with E-state index in [1.807, 2.05) is 6.92 Å². The zero-order valence-corrected chi connectivity index (χ0v) is 8.27. The highest BCUT2D eigenvalue weighted by molar-refractivity contribution is 5.91. The van der Waals surface area contributed by atoms with E-state index in [-0.39, 0.29) is 12.5 Å². The molecular formula is C10H15NO3. The predicted octanol–water partition coefficient (Wildman–Crippen LogP) is 1.12. The summed E-state index contributed by atoms with van der Waals surface area (Å²) in [4.78, 5) is 13.3. The van der Waals surface area contributed by atoms with Gasteiger partial charge in [-0.2, -0.15) is 0 Å². The van der Waals surface area contributed by atoms with Crippen molar-refractivity contribution in [2.75, 3.05) is 19.7 Å². The van der Waals surface area contributed by atoms with Gasteiger partial charge in [-0.3, -0.25) is 4.79 Å². The predicted molar refractivity (Wildman–Crippen MR) is 52.0 cm³/mol. The number of hydrogen-bond acceptors (Lipinski definition) is 3. The first-order valence-electron chi connectivity index (χ1n) is 4.73. The van der Waals surface area contributed by atoms with Gasteiger partial charge in [0.15, 0.2) is 5.76 Å². The monoisotopic (exact) mass is 197 g/mol. The minimum Gasteiger partial charge on any atom is -0.459 e. The number of carbonyl (C=O) groups is 1. The van der Waals surface area contributed by atoms with Crippen LogP contribution in [0.4, 0.5) is 0 Å². The lowest BCUT2D eigenvalue weighted by Gasteiger charge is -2.19. The van der Waals surface area contributed by atoms with Gasteiger partial charge in [0.1, 0.15) is 0 Å². The van der Waals surface area contributed by atoms with Crippen molar-refractivity contribution in [3.8, 4) is 0 Å². The Morgan fingerprint density at radius 1 is 1.57 bits per heavy atom. The quantitative estimate of drug-likeness (QED) is 0.769. The van der Waals surface area contributed by atoms with Crippen LogP contribution in [0.3, 0.4) is 0 Å². The summed E-state index contributed by atoms with van der Waals surface area (Å²) in [6.07, 6.45) is 2.34. The molecular weight excluding hydrogens is 182 g/mol. The molecule has 1 aromatic heterocycles. The number of carbonyl (C=O) groups excluding carboxylic acids is 1. The van der Waals surface area contributed by atoms with E-state index in [4.69, 9.17) is 9.52 Å². The highest BCUT2D eigenvalue weighted by Gasteiger charge is 2.16. The third-order valence-electron chi connectivity index (χ3n) is 1.88. The van der Waals surface area contributed by atoms with Gasteiger partial charge in [0, 0.05) is 13.1 Å². The molecule has 1 amide bonds. The summed E-state index contributed by atoms with van der Waals surface area (Å²) in [6.45, 7) is 2.96. The zero-order chi connectivity index (χ0) is 10.4. The Morgan fingerprint density at radius 2 is 2.36 bits per heavy atom. The van der Waals surface area contributed by atoms with Crippen molar-refractivity contribution in [2.45, 2.75) is 13.3 Å². The largest absolute Gasteiger partial charge is 0.459 e. The van der Waals surface area contributed by atoms with Crippen molar-refractivity contribution in [3.63, 3.8) is 0 Å². The molecule has 0 unspecified atom stereocenters. The van der Waals surface area contributed by atoms with Crippen LogP contribution < -0.4 is 0 Å². The van der Waals surface area contributed by atoms with Crippen LogP contribution in [-0.2, 0) is 0 Å². The molecule has 0 aliphatic rings. The average molecular weight is 197 g/mol. The molecule has 0 aliphatic carbocycles. The van der Waals surface area contributed by atoms with Gasteiger partial charge in [0.05, 0.1) is 12.9 Å². The van der Waals surface area contributed by atoms with Crippen molar-refractivity contribution < 1.29 is 14.3 Å². The molecule has 1 heterocycles. The van der Waals surface area contributed by atoms with Crippen LogP contribution in [0.1, 0.15) is 23.9 Å². The van der Waals surface area contributed by atoms with Crippen LogP contribution in [0.2, 0.25) is 0 Å². The summed E-state index contributed by atoms with van der Waals surface area (Å²) in [5.74, 6) is 0.165. The second kappa shape index (κ2) is 5.44. The van der Waals surface area contributed by atoms with Crippen molar-refractivity contribution in [1.29, 1.82) is 0 Å². The first-order chi connectivity index (χ1) is 6.79. The molecule has 1 aromatic rings. The number of aliphatic hydroxyl groups is 1. The summed E-state index contributed by atoms with van der Waals surface area (Å²) in [7, 11) is 0. The molecule has 0 fully saturated rings. The van der Waals surface area contributed by atoms with E-state index in [1.54, 1.807) is 17.0 Å². The molecule has 0 aliphatic heterocycles. The second-order valence-electron chi connectivity index (χ2n) is 2.99. The molecule has 0 spiro atoms.